The van der Waals surface area contributed by atoms with E-state index in [-0.39, 0.29) is 11.1 Å². The van der Waals surface area contributed by atoms with E-state index in [9.17, 15) is 4.79 Å². The number of ether oxygens (including phenoxy) is 1. The molecule has 0 unspecified atom stereocenters. The van der Waals surface area contributed by atoms with Crippen molar-refractivity contribution in [2.75, 3.05) is 7.11 Å². The molecule has 18 heavy (non-hydrogen) atoms. The molecule has 0 bridgehead atoms. The average Bonchev–Trinajstić information content (AvgIpc) is 2.70. The fourth-order valence-corrected chi connectivity index (χ4v) is 2.11. The number of nitrogens with one attached hydrogen (secondary N) is 1. The summed E-state index contributed by atoms with van der Waals surface area (Å²) < 4.78 is 5.28. The Morgan fingerprint density at radius 1 is 1.33 bits per heavy atom. The zero-order valence-electron chi connectivity index (χ0n) is 11.0. The predicted octanol–water partition coefficient (Wildman–Crippen LogP) is 3.17. The zero-order valence-corrected chi connectivity index (χ0v) is 11.0. The summed E-state index contributed by atoms with van der Waals surface area (Å²) in [6.07, 6.45) is 0. The smallest absolute Gasteiger partial charge is 0.352 e. The van der Waals surface area contributed by atoms with E-state index in [2.05, 4.69) is 25.8 Å². The zero-order chi connectivity index (χ0) is 13.5. The minimum atomic E-state index is -0.965. The number of methoxy groups -OCH3 is 1. The van der Waals surface area contributed by atoms with Gasteiger partial charge in [-0.05, 0) is 23.1 Å². The molecule has 0 saturated carbocycles. The van der Waals surface area contributed by atoms with Crippen LogP contribution in [-0.2, 0) is 5.41 Å². The number of benzene rings is 1. The molecule has 1 aromatic heterocycles. The first kappa shape index (κ1) is 12.5. The summed E-state index contributed by atoms with van der Waals surface area (Å²) in [7, 11) is 1.58. The van der Waals surface area contributed by atoms with Gasteiger partial charge in [0.05, 0.1) is 12.6 Å². The molecule has 2 aromatic rings. The Labute approximate surface area is 106 Å². The van der Waals surface area contributed by atoms with Crippen LogP contribution in [-0.4, -0.2) is 23.2 Å². The topological polar surface area (TPSA) is 62.3 Å². The van der Waals surface area contributed by atoms with Gasteiger partial charge in [0.15, 0.2) is 0 Å². The van der Waals surface area contributed by atoms with Crippen molar-refractivity contribution >= 4 is 16.9 Å². The van der Waals surface area contributed by atoms with E-state index in [1.807, 2.05) is 12.1 Å². The Morgan fingerprint density at radius 3 is 2.50 bits per heavy atom. The third-order valence-electron chi connectivity index (χ3n) is 3.01. The molecule has 4 nitrogen and oxygen atoms in total. The van der Waals surface area contributed by atoms with E-state index in [1.165, 1.54) is 0 Å². The van der Waals surface area contributed by atoms with Crippen LogP contribution in [0, 0.1) is 0 Å². The van der Waals surface area contributed by atoms with E-state index in [0.29, 0.717) is 5.75 Å². The highest BCUT2D eigenvalue weighted by Crippen LogP contribution is 2.35. The van der Waals surface area contributed by atoms with Crippen molar-refractivity contribution in [3.05, 3.63) is 29.5 Å². The summed E-state index contributed by atoms with van der Waals surface area (Å²) in [5, 5.41) is 9.88. The summed E-state index contributed by atoms with van der Waals surface area (Å²) in [4.78, 5) is 14.0. The third kappa shape index (κ3) is 1.94. The summed E-state index contributed by atoms with van der Waals surface area (Å²) in [5.41, 5.74) is 2.02. The number of aromatic amines is 1. The summed E-state index contributed by atoms with van der Waals surface area (Å²) in [6.45, 7) is 6.28. The highest BCUT2D eigenvalue weighted by Gasteiger charge is 2.21. The fraction of sp³-hybridized carbons (Fsp3) is 0.357. The lowest BCUT2D eigenvalue weighted by molar-refractivity contribution is 0.0691. The van der Waals surface area contributed by atoms with Crippen LogP contribution in [0.1, 0.15) is 36.8 Å². The molecule has 2 N–H and O–H groups in total. The number of carbonyl (C=O) groups is 1. The van der Waals surface area contributed by atoms with Crippen molar-refractivity contribution in [3.8, 4) is 5.75 Å². The van der Waals surface area contributed by atoms with Crippen molar-refractivity contribution < 1.29 is 14.6 Å². The second-order valence-corrected chi connectivity index (χ2v) is 5.34. The van der Waals surface area contributed by atoms with Gasteiger partial charge in [-0.25, -0.2) is 4.79 Å². The van der Waals surface area contributed by atoms with Crippen molar-refractivity contribution in [2.45, 2.75) is 26.2 Å². The van der Waals surface area contributed by atoms with E-state index >= 15 is 0 Å². The molecule has 1 aromatic carbocycles. The van der Waals surface area contributed by atoms with E-state index in [0.717, 1.165) is 16.5 Å². The van der Waals surface area contributed by atoms with Gasteiger partial charge in [0.2, 0.25) is 0 Å². The van der Waals surface area contributed by atoms with Gasteiger partial charge in [-0.15, -0.1) is 0 Å². The van der Waals surface area contributed by atoms with Crippen molar-refractivity contribution in [1.29, 1.82) is 0 Å². The molecule has 0 atom stereocenters. The maximum Gasteiger partial charge on any atom is 0.352 e. The van der Waals surface area contributed by atoms with Crippen LogP contribution in [0.3, 0.4) is 0 Å². The Bertz CT molecular complexity index is 605. The number of carboxylic acids is 1. The number of rotatable bonds is 2. The Hall–Kier alpha value is -1.97. The van der Waals surface area contributed by atoms with Gasteiger partial charge in [0.1, 0.15) is 11.4 Å². The van der Waals surface area contributed by atoms with Gasteiger partial charge in [-0.2, -0.15) is 0 Å². The molecule has 96 valence electrons. The first-order valence-electron chi connectivity index (χ1n) is 5.78. The van der Waals surface area contributed by atoms with Gasteiger partial charge < -0.3 is 14.8 Å². The van der Waals surface area contributed by atoms with Crippen LogP contribution in [0.25, 0.3) is 10.9 Å². The van der Waals surface area contributed by atoms with Gasteiger partial charge in [0, 0.05) is 5.39 Å². The van der Waals surface area contributed by atoms with Crippen LogP contribution in [0.5, 0.6) is 5.75 Å². The summed E-state index contributed by atoms with van der Waals surface area (Å²) >= 11 is 0. The van der Waals surface area contributed by atoms with Crippen molar-refractivity contribution in [1.82, 2.24) is 4.98 Å². The van der Waals surface area contributed by atoms with Gasteiger partial charge in [-0.3, -0.25) is 0 Å². The van der Waals surface area contributed by atoms with E-state index < -0.39 is 5.97 Å². The van der Waals surface area contributed by atoms with Gasteiger partial charge in [-0.1, -0.05) is 26.8 Å². The minimum absolute atomic E-state index is 0.0643. The molecule has 0 saturated heterocycles. The fourth-order valence-electron chi connectivity index (χ4n) is 2.11. The van der Waals surface area contributed by atoms with Gasteiger partial charge in [0.25, 0.3) is 0 Å². The number of hydrogen-bond acceptors (Lipinski definition) is 2. The molecule has 0 aliphatic heterocycles. The highest BCUT2D eigenvalue weighted by atomic mass is 16.5. The maximum atomic E-state index is 11.1. The number of H-pyrrole nitrogens is 1. The minimum Gasteiger partial charge on any atom is -0.496 e. The number of aromatic carboxylic acids is 1. The number of hydrogen-bond donors (Lipinski definition) is 2. The lowest BCUT2D eigenvalue weighted by Gasteiger charge is -2.20. The standard InChI is InChI=1S/C14H17NO3/c1-14(2,3)9-5-6-11(18-4)8-7-10(13(16)17)15-12(8)9/h5-7,15H,1-4H3,(H,16,17). The lowest BCUT2D eigenvalue weighted by atomic mass is 9.86. The maximum absolute atomic E-state index is 11.1. The van der Waals surface area contributed by atoms with Crippen LogP contribution < -0.4 is 4.74 Å². The van der Waals surface area contributed by atoms with E-state index in [1.54, 1.807) is 13.2 Å². The molecule has 0 radical (unpaired) electrons. The number of carboxylic acid groups (broad SMARTS) is 1. The summed E-state index contributed by atoms with van der Waals surface area (Å²) in [5.74, 6) is -0.283. The van der Waals surface area contributed by atoms with Crippen molar-refractivity contribution in [2.24, 2.45) is 0 Å². The van der Waals surface area contributed by atoms with E-state index in [4.69, 9.17) is 9.84 Å². The molecule has 0 spiro atoms. The number of aromatic nitrogens is 1. The second kappa shape index (κ2) is 4.05. The molecule has 0 amide bonds. The Kier molecular flexibility index (Phi) is 2.81. The Balaban J connectivity index is 2.80. The average molecular weight is 247 g/mol. The van der Waals surface area contributed by atoms with Crippen molar-refractivity contribution in [3.63, 3.8) is 0 Å². The van der Waals surface area contributed by atoms with Crippen LogP contribution in [0.4, 0.5) is 0 Å². The largest absolute Gasteiger partial charge is 0.496 e. The first-order valence-corrected chi connectivity index (χ1v) is 5.78. The molecular weight excluding hydrogens is 230 g/mol. The second-order valence-electron chi connectivity index (χ2n) is 5.34. The molecule has 0 aliphatic carbocycles. The molecular formula is C14H17NO3. The SMILES string of the molecule is COc1ccc(C(C)(C)C)c2[nH]c(C(=O)O)cc12. The molecule has 1 heterocycles. The predicted molar refractivity (Wildman–Crippen MR) is 70.5 cm³/mol. The first-order chi connectivity index (χ1) is 8.34. The highest BCUT2D eigenvalue weighted by molar-refractivity contribution is 5.97. The summed E-state index contributed by atoms with van der Waals surface area (Å²) in [6, 6.07) is 5.47. The molecule has 0 aliphatic rings. The molecule has 2 rings (SSSR count). The molecule has 4 heteroatoms. The Morgan fingerprint density at radius 2 is 2.00 bits per heavy atom. The van der Waals surface area contributed by atoms with Crippen LogP contribution in [0.2, 0.25) is 0 Å². The van der Waals surface area contributed by atoms with Crippen LogP contribution >= 0.6 is 0 Å². The quantitative estimate of drug-likeness (QED) is 0.856. The normalized spacial score (nSPS) is 11.8. The lowest BCUT2D eigenvalue weighted by Crippen LogP contribution is -2.12. The third-order valence-corrected chi connectivity index (χ3v) is 3.01. The van der Waals surface area contributed by atoms with Crippen LogP contribution in [0.15, 0.2) is 18.2 Å². The monoisotopic (exact) mass is 247 g/mol. The van der Waals surface area contributed by atoms with Gasteiger partial charge >= 0.3 is 5.97 Å². The molecule has 0 fully saturated rings. The number of fused-ring (bicyclic) bond motifs is 1.